The first-order valence-electron chi connectivity index (χ1n) is 7.73. The molecular weight excluding hydrogens is 232 g/mol. The summed E-state index contributed by atoms with van der Waals surface area (Å²) in [7, 11) is 0. The first kappa shape index (κ1) is 14.5. The zero-order chi connectivity index (χ0) is 13.5. The standard InChI is InChI=1S/C17H28N2/c1-15(2)12-18-17-10-6-7-11-19(14-17)13-16-8-4-3-5-9-16/h3-5,8-9,15,17-18H,6-7,10-14H2,1-2H3. The maximum absolute atomic E-state index is 3.74. The smallest absolute Gasteiger partial charge is 0.0234 e. The van der Waals surface area contributed by atoms with Gasteiger partial charge in [0, 0.05) is 19.1 Å². The molecule has 0 amide bonds. The van der Waals surface area contributed by atoms with Crippen LogP contribution in [0.3, 0.4) is 0 Å². The van der Waals surface area contributed by atoms with Gasteiger partial charge < -0.3 is 5.32 Å². The number of benzene rings is 1. The van der Waals surface area contributed by atoms with Gasteiger partial charge in [-0.05, 0) is 37.4 Å². The van der Waals surface area contributed by atoms with Crippen molar-refractivity contribution in [2.24, 2.45) is 5.92 Å². The highest BCUT2D eigenvalue weighted by molar-refractivity contribution is 5.14. The molecule has 1 aromatic rings. The van der Waals surface area contributed by atoms with E-state index in [0.717, 1.165) is 19.0 Å². The minimum absolute atomic E-state index is 0.675. The molecule has 0 aliphatic carbocycles. The number of rotatable bonds is 5. The van der Waals surface area contributed by atoms with Crippen LogP contribution < -0.4 is 5.32 Å². The van der Waals surface area contributed by atoms with E-state index >= 15 is 0 Å². The van der Waals surface area contributed by atoms with E-state index in [9.17, 15) is 0 Å². The summed E-state index contributed by atoms with van der Waals surface area (Å²) in [6, 6.07) is 11.5. The van der Waals surface area contributed by atoms with Gasteiger partial charge in [-0.15, -0.1) is 0 Å². The Labute approximate surface area is 118 Å². The molecule has 0 bridgehead atoms. The average Bonchev–Trinajstić information content (AvgIpc) is 2.63. The molecule has 1 aliphatic rings. The summed E-state index contributed by atoms with van der Waals surface area (Å²) in [5, 5.41) is 3.74. The van der Waals surface area contributed by atoms with Crippen LogP contribution >= 0.6 is 0 Å². The lowest BCUT2D eigenvalue weighted by Gasteiger charge is -2.25. The largest absolute Gasteiger partial charge is 0.312 e. The summed E-state index contributed by atoms with van der Waals surface area (Å²) in [6.07, 6.45) is 4.03. The van der Waals surface area contributed by atoms with Crippen molar-refractivity contribution in [1.82, 2.24) is 10.2 Å². The maximum Gasteiger partial charge on any atom is 0.0234 e. The quantitative estimate of drug-likeness (QED) is 0.874. The number of likely N-dealkylation sites (tertiary alicyclic amines) is 1. The van der Waals surface area contributed by atoms with E-state index in [1.165, 1.54) is 37.9 Å². The Bertz CT molecular complexity index is 348. The van der Waals surface area contributed by atoms with Gasteiger partial charge in [-0.25, -0.2) is 0 Å². The highest BCUT2D eigenvalue weighted by Gasteiger charge is 2.17. The Hall–Kier alpha value is -0.860. The third-order valence-electron chi connectivity index (χ3n) is 3.82. The van der Waals surface area contributed by atoms with Crippen molar-refractivity contribution in [2.75, 3.05) is 19.6 Å². The van der Waals surface area contributed by atoms with Gasteiger partial charge in [-0.1, -0.05) is 50.6 Å². The summed E-state index contributed by atoms with van der Waals surface area (Å²) in [5.74, 6) is 0.742. The number of hydrogen-bond acceptors (Lipinski definition) is 2. The van der Waals surface area contributed by atoms with Crippen molar-refractivity contribution in [3.8, 4) is 0 Å². The van der Waals surface area contributed by atoms with E-state index in [1.54, 1.807) is 0 Å². The van der Waals surface area contributed by atoms with Crippen LogP contribution in [0.2, 0.25) is 0 Å². The molecule has 0 saturated carbocycles. The second kappa shape index (κ2) is 7.66. The molecule has 106 valence electrons. The van der Waals surface area contributed by atoms with Crippen LogP contribution in [0, 0.1) is 5.92 Å². The minimum atomic E-state index is 0.675. The fraction of sp³-hybridized carbons (Fsp3) is 0.647. The first-order chi connectivity index (χ1) is 9.24. The van der Waals surface area contributed by atoms with Crippen molar-refractivity contribution in [3.63, 3.8) is 0 Å². The lowest BCUT2D eigenvalue weighted by atomic mass is 10.1. The highest BCUT2D eigenvalue weighted by Crippen LogP contribution is 2.14. The summed E-state index contributed by atoms with van der Waals surface area (Å²) < 4.78 is 0. The second-order valence-corrected chi connectivity index (χ2v) is 6.22. The van der Waals surface area contributed by atoms with Crippen LogP contribution in [0.1, 0.15) is 38.7 Å². The monoisotopic (exact) mass is 260 g/mol. The minimum Gasteiger partial charge on any atom is -0.312 e. The normalized spacial score (nSPS) is 21.5. The Balaban J connectivity index is 1.85. The molecule has 2 heteroatoms. The van der Waals surface area contributed by atoms with Crippen LogP contribution in [0.15, 0.2) is 30.3 Å². The summed E-state index contributed by atoms with van der Waals surface area (Å²) >= 11 is 0. The Kier molecular flexibility index (Phi) is 5.87. The fourth-order valence-corrected chi connectivity index (χ4v) is 2.77. The van der Waals surface area contributed by atoms with E-state index in [1.807, 2.05) is 0 Å². The van der Waals surface area contributed by atoms with Crippen molar-refractivity contribution >= 4 is 0 Å². The Morgan fingerprint density at radius 2 is 2.00 bits per heavy atom. The topological polar surface area (TPSA) is 15.3 Å². The van der Waals surface area contributed by atoms with Gasteiger partial charge in [0.2, 0.25) is 0 Å². The van der Waals surface area contributed by atoms with E-state index in [4.69, 9.17) is 0 Å². The first-order valence-corrected chi connectivity index (χ1v) is 7.73. The van der Waals surface area contributed by atoms with E-state index < -0.39 is 0 Å². The molecule has 1 unspecified atom stereocenters. The molecule has 0 spiro atoms. The van der Waals surface area contributed by atoms with Crippen molar-refractivity contribution < 1.29 is 0 Å². The second-order valence-electron chi connectivity index (χ2n) is 6.22. The average molecular weight is 260 g/mol. The predicted octanol–water partition coefficient (Wildman–Crippen LogP) is 3.29. The number of nitrogens with zero attached hydrogens (tertiary/aromatic N) is 1. The van der Waals surface area contributed by atoms with Gasteiger partial charge in [-0.2, -0.15) is 0 Å². The van der Waals surface area contributed by atoms with Gasteiger partial charge in [0.25, 0.3) is 0 Å². The lowest BCUT2D eigenvalue weighted by Crippen LogP contribution is -2.40. The third kappa shape index (κ3) is 5.33. The molecule has 19 heavy (non-hydrogen) atoms. The Morgan fingerprint density at radius 3 is 2.74 bits per heavy atom. The van der Waals surface area contributed by atoms with Crippen LogP contribution in [0.5, 0.6) is 0 Å². The molecule has 1 atom stereocenters. The SMILES string of the molecule is CC(C)CNC1CCCCN(Cc2ccccc2)C1. The highest BCUT2D eigenvalue weighted by atomic mass is 15.1. The molecule has 0 aromatic heterocycles. The summed E-state index contributed by atoms with van der Waals surface area (Å²) in [4.78, 5) is 2.61. The molecule has 1 heterocycles. The molecule has 1 fully saturated rings. The number of hydrogen-bond donors (Lipinski definition) is 1. The van der Waals surface area contributed by atoms with Crippen LogP contribution in [0.4, 0.5) is 0 Å². The van der Waals surface area contributed by atoms with Gasteiger partial charge in [0.05, 0.1) is 0 Å². The van der Waals surface area contributed by atoms with E-state index in [-0.39, 0.29) is 0 Å². The van der Waals surface area contributed by atoms with Crippen LogP contribution in [0.25, 0.3) is 0 Å². The fourth-order valence-electron chi connectivity index (χ4n) is 2.77. The van der Waals surface area contributed by atoms with E-state index in [0.29, 0.717) is 6.04 Å². The number of nitrogens with one attached hydrogen (secondary N) is 1. The van der Waals surface area contributed by atoms with Gasteiger partial charge in [0.15, 0.2) is 0 Å². The molecule has 2 nitrogen and oxygen atoms in total. The van der Waals surface area contributed by atoms with Crippen molar-refractivity contribution in [3.05, 3.63) is 35.9 Å². The Morgan fingerprint density at radius 1 is 1.21 bits per heavy atom. The summed E-state index contributed by atoms with van der Waals surface area (Å²) in [5.41, 5.74) is 1.44. The molecule has 1 aliphatic heterocycles. The van der Waals surface area contributed by atoms with Gasteiger partial charge >= 0.3 is 0 Å². The van der Waals surface area contributed by atoms with Crippen LogP contribution in [-0.2, 0) is 6.54 Å². The van der Waals surface area contributed by atoms with Crippen molar-refractivity contribution in [1.29, 1.82) is 0 Å². The van der Waals surface area contributed by atoms with Crippen molar-refractivity contribution in [2.45, 2.75) is 45.7 Å². The molecule has 1 saturated heterocycles. The third-order valence-corrected chi connectivity index (χ3v) is 3.82. The molecule has 2 rings (SSSR count). The van der Waals surface area contributed by atoms with Crippen LogP contribution in [-0.4, -0.2) is 30.6 Å². The molecule has 1 N–H and O–H groups in total. The molecule has 0 radical (unpaired) electrons. The maximum atomic E-state index is 3.74. The predicted molar refractivity (Wildman–Crippen MR) is 82.2 cm³/mol. The lowest BCUT2D eigenvalue weighted by molar-refractivity contribution is 0.248. The zero-order valence-electron chi connectivity index (χ0n) is 12.4. The molecule has 1 aromatic carbocycles. The summed E-state index contributed by atoms with van der Waals surface area (Å²) in [6.45, 7) is 9.25. The zero-order valence-corrected chi connectivity index (χ0v) is 12.4. The van der Waals surface area contributed by atoms with Gasteiger partial charge in [0.1, 0.15) is 0 Å². The van der Waals surface area contributed by atoms with E-state index in [2.05, 4.69) is 54.4 Å². The van der Waals surface area contributed by atoms with Gasteiger partial charge in [-0.3, -0.25) is 4.90 Å². The molecular formula is C17H28N2.